The molecule has 0 spiro atoms. The Morgan fingerprint density at radius 2 is 2.36 bits per heavy atom. The van der Waals surface area contributed by atoms with E-state index in [-0.39, 0.29) is 0 Å². The largest absolute Gasteiger partial charge is 0.304 e. The third-order valence-corrected chi connectivity index (χ3v) is 3.47. The molecule has 0 bridgehead atoms. The maximum absolute atomic E-state index is 3.70. The second-order valence-corrected chi connectivity index (χ2v) is 4.17. The lowest BCUT2D eigenvalue weighted by Gasteiger charge is -2.32. The fraction of sp³-hybridized carbons (Fsp3) is 0.667. The zero-order valence-electron chi connectivity index (χ0n) is 6.60. The van der Waals surface area contributed by atoms with Crippen molar-refractivity contribution in [3.05, 3.63) is 17.9 Å². The van der Waals surface area contributed by atoms with Gasteiger partial charge in [0, 0.05) is 22.4 Å². The smallest absolute Gasteiger partial charge is 0.0482 e. The average Bonchev–Trinajstić information content (AvgIpc) is 2.69. The summed E-state index contributed by atoms with van der Waals surface area (Å²) in [5.41, 5.74) is 4.52. The highest BCUT2D eigenvalue weighted by atomic mass is 127. The van der Waals surface area contributed by atoms with Crippen molar-refractivity contribution in [1.29, 1.82) is 0 Å². The van der Waals surface area contributed by atoms with Gasteiger partial charge in [-0.05, 0) is 11.5 Å². The number of hydrogen-bond donors (Lipinski definition) is 1. The van der Waals surface area contributed by atoms with Gasteiger partial charge in [-0.2, -0.15) is 0 Å². The zero-order valence-corrected chi connectivity index (χ0v) is 8.76. The summed E-state index contributed by atoms with van der Waals surface area (Å²) in [7, 11) is 0. The van der Waals surface area contributed by atoms with Crippen molar-refractivity contribution in [2.75, 3.05) is 4.55 Å². The van der Waals surface area contributed by atoms with E-state index in [1.807, 2.05) is 0 Å². The van der Waals surface area contributed by atoms with Crippen LogP contribution in [0.1, 0.15) is 6.92 Å². The van der Waals surface area contributed by atoms with Gasteiger partial charge in [0.25, 0.3) is 0 Å². The van der Waals surface area contributed by atoms with Gasteiger partial charge in [0.2, 0.25) is 0 Å². The molecule has 0 aromatic heterocycles. The highest BCUT2D eigenvalue weighted by Gasteiger charge is 2.63. The molecule has 0 aromatic rings. The number of fused-ring (bicyclic) bond motifs is 1. The van der Waals surface area contributed by atoms with Gasteiger partial charge in [0.1, 0.15) is 0 Å². The first kappa shape index (κ1) is 7.84. The molecule has 4 atom stereocenters. The van der Waals surface area contributed by atoms with Crippen LogP contribution in [-0.2, 0) is 0 Å². The minimum atomic E-state index is 0.723. The fourth-order valence-electron chi connectivity index (χ4n) is 2.37. The highest BCUT2D eigenvalue weighted by Crippen LogP contribution is 2.63. The lowest BCUT2D eigenvalue weighted by atomic mass is 9.81. The monoisotopic (exact) mass is 261 g/mol. The molecule has 1 N–H and O–H groups in total. The molecule has 0 saturated heterocycles. The van der Waals surface area contributed by atoms with Crippen LogP contribution in [0.2, 0.25) is 0 Å². The van der Waals surface area contributed by atoms with Gasteiger partial charge in [-0.25, -0.2) is 0 Å². The normalized spacial score (nSPS) is 45.8. The summed E-state index contributed by atoms with van der Waals surface area (Å²) in [5, 5.41) is 3.49. The van der Waals surface area contributed by atoms with Gasteiger partial charge in [0.15, 0.2) is 0 Å². The molecule has 0 aliphatic heterocycles. The second-order valence-electron chi connectivity index (χ2n) is 3.41. The van der Waals surface area contributed by atoms with Crippen molar-refractivity contribution >= 4 is 22.6 Å². The molecule has 2 aliphatic rings. The number of hydrogen-bond acceptors (Lipinski definition) is 1. The molecule has 2 saturated carbocycles. The zero-order chi connectivity index (χ0) is 8.01. The van der Waals surface area contributed by atoms with Crippen molar-refractivity contribution in [1.82, 2.24) is 5.32 Å². The van der Waals surface area contributed by atoms with E-state index in [9.17, 15) is 0 Å². The summed E-state index contributed by atoms with van der Waals surface area (Å²) in [6.45, 7) is 6.02. The van der Waals surface area contributed by atoms with Gasteiger partial charge in [0.05, 0.1) is 0 Å². The van der Waals surface area contributed by atoms with Crippen molar-refractivity contribution in [3.8, 4) is 0 Å². The Morgan fingerprint density at radius 1 is 1.64 bits per heavy atom. The predicted octanol–water partition coefficient (Wildman–Crippen LogP) is 1.94. The number of alkyl halides is 1. The summed E-state index contributed by atoms with van der Waals surface area (Å²) in [6.07, 6.45) is 0. The Balaban J connectivity index is 2.03. The third kappa shape index (κ3) is 0.930. The van der Waals surface area contributed by atoms with Crippen LogP contribution in [0.5, 0.6) is 0 Å². The van der Waals surface area contributed by atoms with Crippen molar-refractivity contribution in [3.63, 3.8) is 0 Å². The maximum atomic E-state index is 3.70. The van der Waals surface area contributed by atoms with E-state index >= 15 is 0 Å². The fourth-order valence-corrected chi connectivity index (χ4v) is 2.88. The van der Waals surface area contributed by atoms with E-state index in [4.69, 9.17) is 0 Å². The molecule has 11 heavy (non-hydrogen) atoms. The highest BCUT2D eigenvalue weighted by molar-refractivity contribution is 14.1. The molecule has 0 heterocycles. The summed E-state index contributed by atoms with van der Waals surface area (Å²) in [4.78, 5) is 0. The molecular weight excluding hydrogens is 249 g/mol. The first-order valence-corrected chi connectivity index (χ1v) is 5.53. The Bertz CT molecular complexity index is 230. The van der Waals surface area contributed by atoms with E-state index in [0.29, 0.717) is 0 Å². The SMILES string of the molecule is C=C=C1C2C(C)C(NCI)C12. The van der Waals surface area contributed by atoms with Crippen LogP contribution in [0.15, 0.2) is 17.9 Å². The number of halogens is 1. The quantitative estimate of drug-likeness (QED) is 0.347. The van der Waals surface area contributed by atoms with Crippen LogP contribution < -0.4 is 5.32 Å². The minimum Gasteiger partial charge on any atom is -0.304 e. The molecular formula is C9H12IN. The lowest BCUT2D eigenvalue weighted by molar-refractivity contribution is 0.219. The van der Waals surface area contributed by atoms with Gasteiger partial charge in [-0.1, -0.05) is 36.1 Å². The number of nitrogens with one attached hydrogen (secondary N) is 1. The molecule has 2 heteroatoms. The van der Waals surface area contributed by atoms with Gasteiger partial charge in [-0.3, -0.25) is 0 Å². The summed E-state index contributed by atoms with van der Waals surface area (Å²) >= 11 is 2.36. The Labute approximate surface area is 81.1 Å². The van der Waals surface area contributed by atoms with E-state index < -0.39 is 0 Å². The molecule has 60 valence electrons. The molecule has 1 nitrogen and oxygen atoms in total. The van der Waals surface area contributed by atoms with Crippen molar-refractivity contribution < 1.29 is 0 Å². The molecule has 0 amide bonds. The first-order chi connectivity index (χ1) is 5.31. The van der Waals surface area contributed by atoms with E-state index in [1.165, 1.54) is 5.57 Å². The Kier molecular flexibility index (Phi) is 1.86. The third-order valence-electron chi connectivity index (χ3n) is 3.03. The topological polar surface area (TPSA) is 12.0 Å². The summed E-state index contributed by atoms with van der Waals surface area (Å²) < 4.78 is 1.06. The van der Waals surface area contributed by atoms with Gasteiger partial charge < -0.3 is 5.32 Å². The summed E-state index contributed by atoms with van der Waals surface area (Å²) in [6, 6.07) is 0.723. The van der Waals surface area contributed by atoms with Crippen LogP contribution in [-0.4, -0.2) is 10.6 Å². The van der Waals surface area contributed by atoms with Crippen molar-refractivity contribution in [2.24, 2.45) is 17.8 Å². The van der Waals surface area contributed by atoms with Crippen LogP contribution in [0.25, 0.3) is 0 Å². The lowest BCUT2D eigenvalue weighted by Crippen LogP contribution is -2.44. The maximum Gasteiger partial charge on any atom is 0.0482 e. The van der Waals surface area contributed by atoms with Crippen LogP contribution in [0.4, 0.5) is 0 Å². The second kappa shape index (κ2) is 2.61. The standard InChI is InChI=1S/C9H12IN/c1-3-6-7-5(2)9(8(6)7)11-4-10/h5,7-9,11H,1,4H2,2H3. The molecule has 0 aromatic carbocycles. The van der Waals surface area contributed by atoms with Crippen LogP contribution >= 0.6 is 22.6 Å². The van der Waals surface area contributed by atoms with Gasteiger partial charge >= 0.3 is 0 Å². The average molecular weight is 261 g/mol. The molecule has 0 radical (unpaired) electrons. The Morgan fingerprint density at radius 3 is 2.82 bits per heavy atom. The molecule has 2 fully saturated rings. The number of rotatable bonds is 2. The first-order valence-electron chi connectivity index (χ1n) is 4.00. The molecule has 2 aliphatic carbocycles. The van der Waals surface area contributed by atoms with E-state index in [1.54, 1.807) is 0 Å². The minimum absolute atomic E-state index is 0.723. The van der Waals surface area contributed by atoms with Crippen molar-refractivity contribution in [2.45, 2.75) is 13.0 Å². The van der Waals surface area contributed by atoms with E-state index in [0.717, 1.165) is 28.3 Å². The van der Waals surface area contributed by atoms with Gasteiger partial charge in [-0.15, -0.1) is 5.73 Å². The molecule has 2 rings (SSSR count). The summed E-state index contributed by atoms with van der Waals surface area (Å²) in [5.74, 6) is 2.46. The van der Waals surface area contributed by atoms with Crippen LogP contribution in [0.3, 0.4) is 0 Å². The predicted molar refractivity (Wildman–Crippen MR) is 54.6 cm³/mol. The van der Waals surface area contributed by atoms with Crippen LogP contribution in [0, 0.1) is 17.8 Å². The Hall–Kier alpha value is 0.210. The van der Waals surface area contributed by atoms with E-state index in [2.05, 4.69) is 47.1 Å². The molecule has 4 unspecified atom stereocenters.